The number of carbonyl (C=O) groups excluding carboxylic acids is 2. The molecule has 122 valence electrons. The van der Waals surface area contributed by atoms with Crippen molar-refractivity contribution in [1.82, 2.24) is 9.88 Å². The van der Waals surface area contributed by atoms with Crippen molar-refractivity contribution >= 4 is 23.5 Å². The van der Waals surface area contributed by atoms with Crippen LogP contribution in [0.3, 0.4) is 0 Å². The molecule has 0 aliphatic rings. The van der Waals surface area contributed by atoms with E-state index in [0.29, 0.717) is 34.1 Å². The molecule has 0 saturated carbocycles. The highest BCUT2D eigenvalue weighted by Gasteiger charge is 2.24. The van der Waals surface area contributed by atoms with Crippen LogP contribution in [0.1, 0.15) is 37.7 Å². The van der Waals surface area contributed by atoms with Crippen LogP contribution in [-0.2, 0) is 11.3 Å². The molecule has 5 nitrogen and oxygen atoms in total. The van der Waals surface area contributed by atoms with Crippen LogP contribution in [0.15, 0.2) is 24.3 Å². The van der Waals surface area contributed by atoms with E-state index in [1.54, 1.807) is 31.9 Å². The van der Waals surface area contributed by atoms with Crippen LogP contribution in [0.5, 0.6) is 0 Å². The summed E-state index contributed by atoms with van der Waals surface area (Å²) < 4.78 is 4.76. The predicted molar refractivity (Wildman–Crippen MR) is 88.9 cm³/mol. The molecule has 0 atom stereocenters. The van der Waals surface area contributed by atoms with Gasteiger partial charge in [0.05, 0.1) is 12.7 Å². The average molecular weight is 335 g/mol. The number of hydrogen-bond donors (Lipinski definition) is 1. The minimum Gasteiger partial charge on any atom is -0.465 e. The second kappa shape index (κ2) is 6.87. The van der Waals surface area contributed by atoms with Gasteiger partial charge < -0.3 is 14.6 Å². The van der Waals surface area contributed by atoms with Gasteiger partial charge in [-0.1, -0.05) is 23.7 Å². The summed E-state index contributed by atoms with van der Waals surface area (Å²) in [5.74, 6) is -0.645. The molecule has 0 fully saturated rings. The predicted octanol–water partition coefficient (Wildman–Crippen LogP) is 3.34. The Kier molecular flexibility index (Phi) is 5.11. The SMILES string of the molecule is COC(=O)c1c(C)[nH]c(C(=O)N(C)Cc2cccc(Cl)c2)c1C. The summed E-state index contributed by atoms with van der Waals surface area (Å²) >= 11 is 5.96. The fraction of sp³-hybridized carbons (Fsp3) is 0.294. The monoisotopic (exact) mass is 334 g/mol. The van der Waals surface area contributed by atoms with Crippen LogP contribution in [0, 0.1) is 13.8 Å². The molecule has 0 bridgehead atoms. The Bertz CT molecular complexity index is 752. The zero-order valence-corrected chi connectivity index (χ0v) is 14.3. The quantitative estimate of drug-likeness (QED) is 0.872. The summed E-state index contributed by atoms with van der Waals surface area (Å²) in [4.78, 5) is 29.0. The summed E-state index contributed by atoms with van der Waals surface area (Å²) in [5.41, 5.74) is 2.95. The lowest BCUT2D eigenvalue weighted by atomic mass is 10.1. The van der Waals surface area contributed by atoms with Gasteiger partial charge in [0.25, 0.3) is 5.91 Å². The number of H-pyrrole nitrogens is 1. The summed E-state index contributed by atoms with van der Waals surface area (Å²) in [6.45, 7) is 3.90. The van der Waals surface area contributed by atoms with Gasteiger partial charge in [-0.05, 0) is 37.1 Å². The van der Waals surface area contributed by atoms with Crippen molar-refractivity contribution < 1.29 is 14.3 Å². The number of esters is 1. The average Bonchev–Trinajstić information content (AvgIpc) is 2.80. The van der Waals surface area contributed by atoms with E-state index in [9.17, 15) is 9.59 Å². The number of nitrogens with zero attached hydrogens (tertiary/aromatic N) is 1. The molecule has 0 aliphatic heterocycles. The molecule has 1 aromatic carbocycles. The van der Waals surface area contributed by atoms with Crippen molar-refractivity contribution in [3.05, 3.63) is 57.4 Å². The van der Waals surface area contributed by atoms with Crippen molar-refractivity contribution in [2.24, 2.45) is 0 Å². The van der Waals surface area contributed by atoms with E-state index in [0.717, 1.165) is 5.56 Å². The number of amides is 1. The van der Waals surface area contributed by atoms with Crippen LogP contribution in [0.4, 0.5) is 0 Å². The van der Waals surface area contributed by atoms with Crippen molar-refractivity contribution in [3.8, 4) is 0 Å². The molecular formula is C17H19ClN2O3. The Morgan fingerprint density at radius 3 is 2.61 bits per heavy atom. The highest BCUT2D eigenvalue weighted by Crippen LogP contribution is 2.21. The molecular weight excluding hydrogens is 316 g/mol. The van der Waals surface area contributed by atoms with E-state index in [4.69, 9.17) is 16.3 Å². The number of hydrogen-bond acceptors (Lipinski definition) is 3. The number of aromatic nitrogens is 1. The fourth-order valence-corrected chi connectivity index (χ4v) is 2.76. The molecule has 0 aliphatic carbocycles. The molecule has 23 heavy (non-hydrogen) atoms. The number of halogens is 1. The molecule has 1 heterocycles. The molecule has 1 N–H and O–H groups in total. The van der Waals surface area contributed by atoms with Gasteiger partial charge in [-0.15, -0.1) is 0 Å². The van der Waals surface area contributed by atoms with Crippen molar-refractivity contribution in [2.75, 3.05) is 14.2 Å². The normalized spacial score (nSPS) is 10.5. The first-order chi connectivity index (χ1) is 10.8. The highest BCUT2D eigenvalue weighted by molar-refractivity contribution is 6.30. The largest absolute Gasteiger partial charge is 0.465 e. The van der Waals surface area contributed by atoms with Crippen LogP contribution in [-0.4, -0.2) is 35.9 Å². The third kappa shape index (κ3) is 3.56. The Balaban J connectivity index is 2.25. The van der Waals surface area contributed by atoms with Crippen LogP contribution < -0.4 is 0 Å². The lowest BCUT2D eigenvalue weighted by molar-refractivity contribution is 0.0599. The maximum absolute atomic E-state index is 12.6. The smallest absolute Gasteiger partial charge is 0.339 e. The van der Waals surface area contributed by atoms with Gasteiger partial charge in [0, 0.05) is 24.3 Å². The summed E-state index contributed by atoms with van der Waals surface area (Å²) in [6, 6.07) is 7.35. The number of nitrogens with one attached hydrogen (secondary N) is 1. The summed E-state index contributed by atoms with van der Waals surface area (Å²) in [6.07, 6.45) is 0. The van der Waals surface area contributed by atoms with Crippen molar-refractivity contribution in [3.63, 3.8) is 0 Å². The molecule has 6 heteroatoms. The lowest BCUT2D eigenvalue weighted by Gasteiger charge is -2.17. The Morgan fingerprint density at radius 1 is 1.30 bits per heavy atom. The van der Waals surface area contributed by atoms with E-state index in [-0.39, 0.29) is 5.91 Å². The van der Waals surface area contributed by atoms with E-state index in [1.807, 2.05) is 18.2 Å². The minimum absolute atomic E-state index is 0.194. The molecule has 1 amide bonds. The molecule has 0 radical (unpaired) electrons. The Morgan fingerprint density at radius 2 is 2.00 bits per heavy atom. The maximum Gasteiger partial charge on any atom is 0.339 e. The van der Waals surface area contributed by atoms with Gasteiger partial charge in [-0.2, -0.15) is 0 Å². The fourth-order valence-electron chi connectivity index (χ4n) is 2.54. The van der Waals surface area contributed by atoms with E-state index in [2.05, 4.69) is 4.98 Å². The topological polar surface area (TPSA) is 62.4 Å². The third-order valence-electron chi connectivity index (χ3n) is 3.70. The number of carbonyl (C=O) groups is 2. The molecule has 2 aromatic rings. The molecule has 0 spiro atoms. The highest BCUT2D eigenvalue weighted by atomic mass is 35.5. The van der Waals surface area contributed by atoms with Crippen LogP contribution >= 0.6 is 11.6 Å². The number of benzene rings is 1. The van der Waals surface area contributed by atoms with E-state index < -0.39 is 5.97 Å². The number of aryl methyl sites for hydroxylation is 1. The van der Waals surface area contributed by atoms with Gasteiger partial charge in [0.1, 0.15) is 5.69 Å². The first-order valence-electron chi connectivity index (χ1n) is 7.12. The zero-order chi connectivity index (χ0) is 17.1. The number of ether oxygens (including phenoxy) is 1. The van der Waals surface area contributed by atoms with Gasteiger partial charge in [-0.25, -0.2) is 4.79 Å². The van der Waals surface area contributed by atoms with Gasteiger partial charge in [0.2, 0.25) is 0 Å². The summed E-state index contributed by atoms with van der Waals surface area (Å²) in [5, 5.41) is 0.628. The molecule has 0 saturated heterocycles. The Labute approximate surface area is 140 Å². The standard InChI is InChI=1S/C17H19ClN2O3/c1-10-14(17(22)23-4)11(2)19-15(10)16(21)20(3)9-12-6-5-7-13(18)8-12/h5-8,19H,9H2,1-4H3. The summed E-state index contributed by atoms with van der Waals surface area (Å²) in [7, 11) is 3.03. The van der Waals surface area contributed by atoms with Gasteiger partial charge in [0.15, 0.2) is 0 Å². The zero-order valence-electron chi connectivity index (χ0n) is 13.6. The van der Waals surface area contributed by atoms with Crippen molar-refractivity contribution in [1.29, 1.82) is 0 Å². The lowest BCUT2D eigenvalue weighted by Crippen LogP contribution is -2.27. The second-order valence-electron chi connectivity index (χ2n) is 5.41. The van der Waals surface area contributed by atoms with Crippen LogP contribution in [0.2, 0.25) is 5.02 Å². The van der Waals surface area contributed by atoms with Crippen LogP contribution in [0.25, 0.3) is 0 Å². The first-order valence-corrected chi connectivity index (χ1v) is 7.50. The molecule has 0 unspecified atom stereocenters. The van der Waals surface area contributed by atoms with Gasteiger partial charge >= 0.3 is 5.97 Å². The third-order valence-corrected chi connectivity index (χ3v) is 3.93. The maximum atomic E-state index is 12.6. The van der Waals surface area contributed by atoms with Crippen molar-refractivity contribution in [2.45, 2.75) is 20.4 Å². The molecule has 1 aromatic heterocycles. The number of rotatable bonds is 4. The first kappa shape index (κ1) is 17.1. The van der Waals surface area contributed by atoms with Gasteiger partial charge in [-0.3, -0.25) is 4.79 Å². The molecule has 2 rings (SSSR count). The van der Waals surface area contributed by atoms with E-state index in [1.165, 1.54) is 7.11 Å². The van der Waals surface area contributed by atoms with E-state index >= 15 is 0 Å². The number of aromatic amines is 1. The second-order valence-corrected chi connectivity index (χ2v) is 5.84. The number of methoxy groups -OCH3 is 1. The Hall–Kier alpha value is -2.27. The minimum atomic E-state index is -0.451.